The molecule has 0 radical (unpaired) electrons. The Kier molecular flexibility index (Phi) is 5.25. The maximum Gasteiger partial charge on any atom is 0.308 e. The van der Waals surface area contributed by atoms with Gasteiger partial charge in [-0.15, -0.1) is 0 Å². The number of carbonyl (C=O) groups excluding carboxylic acids is 1. The summed E-state index contributed by atoms with van der Waals surface area (Å²) in [5.41, 5.74) is 0. The van der Waals surface area contributed by atoms with Crippen LogP contribution in [0.4, 0.5) is 0 Å². The summed E-state index contributed by atoms with van der Waals surface area (Å²) >= 11 is 0. The minimum absolute atomic E-state index is 0.120. The number of likely N-dealkylation sites (tertiary alicyclic amines) is 1. The van der Waals surface area contributed by atoms with Crippen LogP contribution in [0.1, 0.15) is 39.5 Å². The second kappa shape index (κ2) is 6.77. The van der Waals surface area contributed by atoms with E-state index < -0.39 is 5.97 Å². The molecule has 1 aliphatic heterocycles. The average Bonchev–Trinajstić information content (AvgIpc) is 2.79. The van der Waals surface area contributed by atoms with Gasteiger partial charge in [0.25, 0.3) is 0 Å². The quantitative estimate of drug-likeness (QED) is 0.857. The van der Waals surface area contributed by atoms with Crippen LogP contribution in [0.5, 0.6) is 0 Å². The summed E-state index contributed by atoms with van der Waals surface area (Å²) in [5, 5.41) is 9.16. The van der Waals surface area contributed by atoms with Crippen molar-refractivity contribution in [2.45, 2.75) is 45.6 Å². The van der Waals surface area contributed by atoms with E-state index in [9.17, 15) is 9.59 Å². The van der Waals surface area contributed by atoms with Gasteiger partial charge in [0, 0.05) is 26.2 Å². The van der Waals surface area contributed by atoms with Gasteiger partial charge in [-0.3, -0.25) is 14.5 Å². The molecule has 1 heterocycles. The molecule has 0 aromatic rings. The van der Waals surface area contributed by atoms with Crippen LogP contribution in [-0.4, -0.2) is 59.5 Å². The molecule has 0 bridgehead atoms. The van der Waals surface area contributed by atoms with Crippen LogP contribution in [0.3, 0.4) is 0 Å². The fraction of sp³-hybridized carbons (Fsp3) is 0.875. The topological polar surface area (TPSA) is 60.9 Å². The fourth-order valence-corrected chi connectivity index (χ4v) is 3.88. The predicted molar refractivity (Wildman–Crippen MR) is 80.9 cm³/mol. The first-order valence-corrected chi connectivity index (χ1v) is 8.11. The molecular formula is C16H28N2O3. The summed E-state index contributed by atoms with van der Waals surface area (Å²) in [4.78, 5) is 27.5. The monoisotopic (exact) mass is 296 g/mol. The van der Waals surface area contributed by atoms with Crippen LogP contribution in [0.15, 0.2) is 0 Å². The van der Waals surface area contributed by atoms with Crippen molar-refractivity contribution in [3.63, 3.8) is 0 Å². The number of hydrogen-bond acceptors (Lipinski definition) is 3. The smallest absolute Gasteiger partial charge is 0.308 e. The zero-order valence-electron chi connectivity index (χ0n) is 13.4. The van der Waals surface area contributed by atoms with Crippen molar-refractivity contribution in [1.29, 1.82) is 0 Å². The zero-order valence-corrected chi connectivity index (χ0v) is 13.4. The molecule has 2 rings (SSSR count). The normalized spacial score (nSPS) is 33.9. The van der Waals surface area contributed by atoms with Crippen LogP contribution in [-0.2, 0) is 9.59 Å². The molecule has 5 heteroatoms. The number of amides is 1. The van der Waals surface area contributed by atoms with Crippen molar-refractivity contribution in [3.8, 4) is 0 Å². The van der Waals surface area contributed by atoms with E-state index in [1.54, 1.807) is 0 Å². The highest BCUT2D eigenvalue weighted by Gasteiger charge is 2.36. The Morgan fingerprint density at radius 1 is 1.14 bits per heavy atom. The van der Waals surface area contributed by atoms with Gasteiger partial charge in [0.1, 0.15) is 0 Å². The second-order valence-corrected chi connectivity index (χ2v) is 6.95. The molecule has 0 spiro atoms. The molecule has 1 aliphatic carbocycles. The second-order valence-electron chi connectivity index (χ2n) is 6.95. The van der Waals surface area contributed by atoms with Gasteiger partial charge < -0.3 is 10.0 Å². The van der Waals surface area contributed by atoms with Crippen molar-refractivity contribution in [2.24, 2.45) is 17.8 Å². The van der Waals surface area contributed by atoms with Gasteiger partial charge in [-0.2, -0.15) is 0 Å². The maximum absolute atomic E-state index is 12.5. The Bertz CT molecular complexity index is 399. The van der Waals surface area contributed by atoms with Gasteiger partial charge in [0.2, 0.25) is 5.91 Å². The van der Waals surface area contributed by atoms with Crippen LogP contribution in [0.25, 0.3) is 0 Å². The summed E-state index contributed by atoms with van der Waals surface area (Å²) in [6.45, 7) is 5.74. The number of carbonyl (C=O) groups is 2. The molecule has 2 fully saturated rings. The highest BCUT2D eigenvalue weighted by Crippen LogP contribution is 2.28. The first-order chi connectivity index (χ1) is 9.90. The summed E-state index contributed by atoms with van der Waals surface area (Å²) in [5.74, 6) is -0.262. The van der Waals surface area contributed by atoms with Crippen molar-refractivity contribution in [3.05, 3.63) is 0 Å². The summed E-state index contributed by atoms with van der Waals surface area (Å²) < 4.78 is 0. The largest absolute Gasteiger partial charge is 0.481 e. The number of likely N-dealkylation sites (N-methyl/N-ethyl adjacent to an activating group) is 1. The van der Waals surface area contributed by atoms with Crippen LogP contribution < -0.4 is 0 Å². The van der Waals surface area contributed by atoms with E-state index in [1.807, 2.05) is 23.8 Å². The molecule has 4 atom stereocenters. The summed E-state index contributed by atoms with van der Waals surface area (Å²) in [7, 11) is 1.91. The number of nitrogens with zero attached hydrogens (tertiary/aromatic N) is 2. The van der Waals surface area contributed by atoms with Crippen molar-refractivity contribution in [2.75, 3.05) is 26.7 Å². The van der Waals surface area contributed by atoms with Crippen LogP contribution >= 0.6 is 0 Å². The molecule has 21 heavy (non-hydrogen) atoms. The van der Waals surface area contributed by atoms with E-state index in [0.29, 0.717) is 31.6 Å². The lowest BCUT2D eigenvalue weighted by Crippen LogP contribution is -2.46. The molecule has 1 amide bonds. The molecule has 1 saturated heterocycles. The molecule has 2 aliphatic rings. The van der Waals surface area contributed by atoms with Crippen molar-refractivity contribution >= 4 is 11.9 Å². The lowest BCUT2D eigenvalue weighted by molar-refractivity contribution is -0.142. The Morgan fingerprint density at radius 2 is 1.81 bits per heavy atom. The predicted octanol–water partition coefficient (Wildman–Crippen LogP) is 1.68. The minimum Gasteiger partial charge on any atom is -0.481 e. The first kappa shape index (κ1) is 16.3. The first-order valence-electron chi connectivity index (χ1n) is 8.11. The molecule has 120 valence electrons. The minimum atomic E-state index is -0.744. The summed E-state index contributed by atoms with van der Waals surface area (Å²) in [6.07, 6.45) is 4.76. The summed E-state index contributed by atoms with van der Waals surface area (Å²) in [6, 6.07) is 0.349. The highest BCUT2D eigenvalue weighted by molar-refractivity contribution is 5.78. The van der Waals surface area contributed by atoms with Gasteiger partial charge in [-0.05, 0) is 24.7 Å². The number of aliphatic carboxylic acids is 1. The van der Waals surface area contributed by atoms with Gasteiger partial charge in [0.05, 0.1) is 12.5 Å². The third kappa shape index (κ3) is 3.76. The molecular weight excluding hydrogens is 268 g/mol. The number of hydrogen-bond donors (Lipinski definition) is 1. The third-order valence-electron chi connectivity index (χ3n) is 5.32. The van der Waals surface area contributed by atoms with Gasteiger partial charge in [0.15, 0.2) is 0 Å². The van der Waals surface area contributed by atoms with Gasteiger partial charge >= 0.3 is 5.97 Å². The molecule has 2 unspecified atom stereocenters. The van der Waals surface area contributed by atoms with Crippen LogP contribution in [0, 0.1) is 17.8 Å². The Balaban J connectivity index is 1.88. The molecule has 0 aromatic carbocycles. The molecule has 1 N–H and O–H groups in total. The maximum atomic E-state index is 12.5. The Labute approximate surface area is 127 Å². The number of carboxylic acids is 1. The van der Waals surface area contributed by atoms with E-state index >= 15 is 0 Å². The van der Waals surface area contributed by atoms with E-state index in [1.165, 1.54) is 19.3 Å². The number of rotatable bonds is 4. The van der Waals surface area contributed by atoms with E-state index in [0.717, 1.165) is 6.42 Å². The Morgan fingerprint density at radius 3 is 2.38 bits per heavy atom. The van der Waals surface area contributed by atoms with Crippen molar-refractivity contribution in [1.82, 2.24) is 9.80 Å². The SMILES string of the molecule is CC1CCCCC1N(C)C(=O)CN1C[C@@H](C)[C@H](C(=O)O)C1. The molecule has 1 saturated carbocycles. The average molecular weight is 296 g/mol. The van der Waals surface area contributed by atoms with Gasteiger partial charge in [-0.1, -0.05) is 26.7 Å². The molecule has 5 nitrogen and oxygen atoms in total. The Hall–Kier alpha value is -1.10. The lowest BCUT2D eigenvalue weighted by atomic mass is 9.85. The van der Waals surface area contributed by atoms with Crippen molar-refractivity contribution < 1.29 is 14.7 Å². The third-order valence-corrected chi connectivity index (χ3v) is 5.32. The number of carboxylic acid groups (broad SMARTS) is 1. The molecule has 0 aromatic heterocycles. The van der Waals surface area contributed by atoms with E-state index in [2.05, 4.69) is 6.92 Å². The van der Waals surface area contributed by atoms with Crippen LogP contribution in [0.2, 0.25) is 0 Å². The van der Waals surface area contributed by atoms with Gasteiger partial charge in [-0.25, -0.2) is 0 Å². The standard InChI is InChI=1S/C16H28N2O3/c1-11-6-4-5-7-14(11)17(3)15(19)10-18-8-12(2)13(9-18)16(20)21/h11-14H,4-10H2,1-3H3,(H,20,21)/t11?,12-,13-,14?/m1/s1. The zero-order chi connectivity index (χ0) is 15.6. The fourth-order valence-electron chi connectivity index (χ4n) is 3.88. The lowest BCUT2D eigenvalue weighted by Gasteiger charge is -2.37. The van der Waals surface area contributed by atoms with E-state index in [4.69, 9.17) is 5.11 Å². The van der Waals surface area contributed by atoms with E-state index in [-0.39, 0.29) is 17.7 Å². The highest BCUT2D eigenvalue weighted by atomic mass is 16.4.